The fraction of sp³-hybridized carbons (Fsp3) is 0.588. The zero-order valence-electron chi connectivity index (χ0n) is 11.7. The zero-order chi connectivity index (χ0) is 13.2. The van der Waals surface area contributed by atoms with E-state index in [0.29, 0.717) is 23.8 Å². The number of carbonyl (C=O) groups excluding carboxylic acids is 1. The molecule has 2 saturated heterocycles. The van der Waals surface area contributed by atoms with E-state index in [0.717, 1.165) is 13.0 Å². The lowest BCUT2D eigenvalue weighted by Gasteiger charge is -2.38. The summed E-state index contributed by atoms with van der Waals surface area (Å²) in [4.78, 5) is 14.0. The van der Waals surface area contributed by atoms with Crippen molar-refractivity contribution >= 4 is 5.78 Å². The lowest BCUT2D eigenvalue weighted by atomic mass is 9.87. The Morgan fingerprint density at radius 2 is 1.79 bits per heavy atom. The van der Waals surface area contributed by atoms with Crippen molar-refractivity contribution in [2.45, 2.75) is 57.7 Å². The third-order valence-corrected chi connectivity index (χ3v) is 4.77. The molecule has 1 aromatic carbocycles. The minimum atomic E-state index is 0.362. The number of rotatable bonds is 4. The van der Waals surface area contributed by atoms with Gasteiger partial charge in [-0.15, -0.1) is 0 Å². The molecule has 0 aliphatic carbocycles. The lowest BCUT2D eigenvalue weighted by molar-refractivity contribution is -0.118. The highest BCUT2D eigenvalue weighted by atomic mass is 16.1. The van der Waals surface area contributed by atoms with Crippen LogP contribution in [0.2, 0.25) is 0 Å². The van der Waals surface area contributed by atoms with Gasteiger partial charge in [-0.3, -0.25) is 4.90 Å². The highest BCUT2D eigenvalue weighted by Crippen LogP contribution is 2.40. The number of ketones is 1. The summed E-state index contributed by atoms with van der Waals surface area (Å²) in [5, 5.41) is 0. The lowest BCUT2D eigenvalue weighted by Crippen LogP contribution is -2.42. The van der Waals surface area contributed by atoms with Gasteiger partial charge >= 0.3 is 0 Å². The van der Waals surface area contributed by atoms with Crippen molar-refractivity contribution < 1.29 is 4.79 Å². The van der Waals surface area contributed by atoms with Gasteiger partial charge in [-0.1, -0.05) is 30.3 Å². The Morgan fingerprint density at radius 1 is 1.16 bits per heavy atom. The molecule has 0 N–H and O–H groups in total. The first kappa shape index (κ1) is 12.9. The smallest absolute Gasteiger partial charge is 0.130 e. The topological polar surface area (TPSA) is 20.3 Å². The number of hydrogen-bond donors (Lipinski definition) is 0. The molecular weight excluding hydrogens is 234 g/mol. The Morgan fingerprint density at radius 3 is 2.37 bits per heavy atom. The molecule has 2 aliphatic heterocycles. The Kier molecular flexibility index (Phi) is 3.69. The number of benzene rings is 1. The molecule has 2 heterocycles. The molecule has 2 aliphatic rings. The number of hydrogen-bond acceptors (Lipinski definition) is 2. The molecular formula is C17H23NO. The monoisotopic (exact) mass is 257 g/mol. The van der Waals surface area contributed by atoms with Gasteiger partial charge in [0.15, 0.2) is 0 Å². The van der Waals surface area contributed by atoms with Crippen LogP contribution in [-0.4, -0.2) is 22.8 Å². The molecule has 0 amide bonds. The van der Waals surface area contributed by atoms with Crippen LogP contribution in [0.3, 0.4) is 0 Å². The van der Waals surface area contributed by atoms with Gasteiger partial charge < -0.3 is 4.79 Å². The second kappa shape index (κ2) is 5.46. The van der Waals surface area contributed by atoms with E-state index in [1.165, 1.54) is 31.2 Å². The van der Waals surface area contributed by atoms with Gasteiger partial charge in [0.05, 0.1) is 0 Å². The number of piperidine rings is 1. The van der Waals surface area contributed by atoms with E-state index in [2.05, 4.69) is 35.2 Å². The maximum Gasteiger partial charge on any atom is 0.130 e. The van der Waals surface area contributed by atoms with Gasteiger partial charge in [-0.25, -0.2) is 0 Å². The van der Waals surface area contributed by atoms with Gasteiger partial charge in [-0.2, -0.15) is 0 Å². The van der Waals surface area contributed by atoms with E-state index >= 15 is 0 Å². The summed E-state index contributed by atoms with van der Waals surface area (Å²) >= 11 is 0. The molecule has 1 aromatic rings. The highest BCUT2D eigenvalue weighted by Gasteiger charge is 2.40. The van der Waals surface area contributed by atoms with Crippen LogP contribution in [0.25, 0.3) is 0 Å². The predicted molar refractivity (Wildman–Crippen MR) is 76.8 cm³/mol. The molecule has 2 fully saturated rings. The van der Waals surface area contributed by atoms with Crippen molar-refractivity contribution in [3.63, 3.8) is 0 Å². The Labute approximate surface area is 115 Å². The molecule has 0 radical (unpaired) electrons. The SMILES string of the molecule is CC(=O)CC1C[C@H]2CC[C@@H](C1)N2Cc1ccccc1. The summed E-state index contributed by atoms with van der Waals surface area (Å²) in [5.41, 5.74) is 1.42. The van der Waals surface area contributed by atoms with E-state index < -0.39 is 0 Å². The van der Waals surface area contributed by atoms with Crippen LogP contribution in [0, 0.1) is 5.92 Å². The van der Waals surface area contributed by atoms with Gasteiger partial charge in [-0.05, 0) is 44.1 Å². The maximum absolute atomic E-state index is 11.3. The summed E-state index contributed by atoms with van der Waals surface area (Å²) in [5.74, 6) is 1.00. The van der Waals surface area contributed by atoms with Gasteiger partial charge in [0.2, 0.25) is 0 Å². The molecule has 0 aromatic heterocycles. The van der Waals surface area contributed by atoms with Gasteiger partial charge in [0, 0.05) is 25.0 Å². The molecule has 3 atom stereocenters. The molecule has 2 nitrogen and oxygen atoms in total. The first-order valence-electron chi connectivity index (χ1n) is 7.51. The van der Waals surface area contributed by atoms with Crippen LogP contribution in [0.15, 0.2) is 30.3 Å². The minimum absolute atomic E-state index is 0.362. The molecule has 0 saturated carbocycles. The normalized spacial score (nSPS) is 30.5. The van der Waals surface area contributed by atoms with Crippen molar-refractivity contribution in [3.8, 4) is 0 Å². The van der Waals surface area contributed by atoms with Crippen molar-refractivity contribution in [1.29, 1.82) is 0 Å². The Hall–Kier alpha value is -1.15. The first-order valence-corrected chi connectivity index (χ1v) is 7.51. The van der Waals surface area contributed by atoms with E-state index in [-0.39, 0.29) is 0 Å². The molecule has 1 unspecified atom stereocenters. The molecule has 2 heteroatoms. The van der Waals surface area contributed by atoms with Crippen LogP contribution in [0.4, 0.5) is 0 Å². The van der Waals surface area contributed by atoms with E-state index in [1.807, 2.05) is 0 Å². The molecule has 19 heavy (non-hydrogen) atoms. The summed E-state index contributed by atoms with van der Waals surface area (Å²) in [6, 6.07) is 12.2. The quantitative estimate of drug-likeness (QED) is 0.824. The average molecular weight is 257 g/mol. The third-order valence-electron chi connectivity index (χ3n) is 4.77. The average Bonchev–Trinajstić information content (AvgIpc) is 2.62. The Balaban J connectivity index is 1.65. The van der Waals surface area contributed by atoms with Crippen LogP contribution in [-0.2, 0) is 11.3 Å². The second-order valence-electron chi connectivity index (χ2n) is 6.29. The van der Waals surface area contributed by atoms with E-state index in [4.69, 9.17) is 0 Å². The predicted octanol–water partition coefficient (Wildman–Crippen LogP) is 3.41. The van der Waals surface area contributed by atoms with E-state index in [1.54, 1.807) is 6.92 Å². The fourth-order valence-corrected chi connectivity index (χ4v) is 4.01. The summed E-state index contributed by atoms with van der Waals surface area (Å²) < 4.78 is 0. The molecule has 102 valence electrons. The number of carbonyl (C=O) groups is 1. The standard InChI is InChI=1S/C17H23NO/c1-13(19)9-15-10-16-7-8-17(11-15)18(16)12-14-5-3-2-4-6-14/h2-6,15-17H,7-12H2,1H3/t15?,16-,17+. The summed E-state index contributed by atoms with van der Waals surface area (Å²) in [6.45, 7) is 2.82. The maximum atomic E-state index is 11.3. The van der Waals surface area contributed by atoms with Crippen molar-refractivity contribution in [2.24, 2.45) is 5.92 Å². The third kappa shape index (κ3) is 2.89. The van der Waals surface area contributed by atoms with Crippen molar-refractivity contribution in [1.82, 2.24) is 4.90 Å². The Bertz CT molecular complexity index is 428. The molecule has 3 rings (SSSR count). The van der Waals surface area contributed by atoms with Crippen LogP contribution < -0.4 is 0 Å². The number of fused-ring (bicyclic) bond motifs is 2. The zero-order valence-corrected chi connectivity index (χ0v) is 11.7. The van der Waals surface area contributed by atoms with Crippen LogP contribution in [0.1, 0.15) is 44.6 Å². The van der Waals surface area contributed by atoms with Crippen LogP contribution >= 0.6 is 0 Å². The summed E-state index contributed by atoms with van der Waals surface area (Å²) in [7, 11) is 0. The molecule has 0 spiro atoms. The first-order chi connectivity index (χ1) is 9.22. The van der Waals surface area contributed by atoms with Crippen molar-refractivity contribution in [3.05, 3.63) is 35.9 Å². The second-order valence-corrected chi connectivity index (χ2v) is 6.29. The minimum Gasteiger partial charge on any atom is -0.300 e. The van der Waals surface area contributed by atoms with Crippen molar-refractivity contribution in [2.75, 3.05) is 0 Å². The summed E-state index contributed by atoms with van der Waals surface area (Å²) in [6.07, 6.45) is 5.90. The number of nitrogens with zero attached hydrogens (tertiary/aromatic N) is 1. The fourth-order valence-electron chi connectivity index (χ4n) is 4.01. The highest BCUT2D eigenvalue weighted by molar-refractivity contribution is 5.75. The van der Waals surface area contributed by atoms with Crippen LogP contribution in [0.5, 0.6) is 0 Å². The van der Waals surface area contributed by atoms with E-state index in [9.17, 15) is 4.79 Å². The molecule has 2 bridgehead atoms. The largest absolute Gasteiger partial charge is 0.300 e. The van der Waals surface area contributed by atoms with Gasteiger partial charge in [0.25, 0.3) is 0 Å². The van der Waals surface area contributed by atoms with Gasteiger partial charge in [0.1, 0.15) is 5.78 Å². The number of Topliss-reactive ketones (excluding diaryl/α,β-unsaturated/α-hetero) is 1.